The fourth-order valence-corrected chi connectivity index (χ4v) is 4.45. The molecule has 0 amide bonds. The molecule has 0 atom stereocenters. The number of alkyl halides is 5. The molecule has 0 aromatic carbocycles. The average Bonchev–Trinajstić information content (AvgIpc) is 3.75. The molecule has 0 unspecified atom stereocenters. The Morgan fingerprint density at radius 3 is 2.56 bits per heavy atom. The zero-order chi connectivity index (χ0) is 32.4. The van der Waals surface area contributed by atoms with Gasteiger partial charge in [-0.15, -0.1) is 5.73 Å². The highest BCUT2D eigenvalue weighted by Gasteiger charge is 2.34. The predicted octanol–water partition coefficient (Wildman–Crippen LogP) is 5.97. The van der Waals surface area contributed by atoms with Gasteiger partial charge in [-0.1, -0.05) is 25.7 Å². The molecule has 0 bridgehead atoms. The van der Waals surface area contributed by atoms with Crippen LogP contribution in [0.2, 0.25) is 0 Å². The number of imidazole rings is 1. The number of amidine groups is 1. The van der Waals surface area contributed by atoms with E-state index in [1.807, 2.05) is 6.92 Å². The zero-order valence-corrected chi connectivity index (χ0v) is 25.8. The lowest BCUT2D eigenvalue weighted by atomic mass is 10.1. The normalized spacial score (nSPS) is 14.4. The lowest BCUT2D eigenvalue weighted by Gasteiger charge is -2.26. The van der Waals surface area contributed by atoms with Crippen molar-refractivity contribution in [1.29, 1.82) is 0 Å². The number of halogens is 5. The van der Waals surface area contributed by atoms with Crippen molar-refractivity contribution in [1.82, 2.24) is 24.4 Å². The molecular formula is C31H40F5N7O2. The molecule has 1 saturated carbocycles. The molecule has 14 heteroatoms. The summed E-state index contributed by atoms with van der Waals surface area (Å²) in [5.41, 5.74) is 10.8. The van der Waals surface area contributed by atoms with E-state index < -0.39 is 24.7 Å². The van der Waals surface area contributed by atoms with Crippen LogP contribution in [0.4, 0.5) is 22.0 Å². The first-order valence-electron chi connectivity index (χ1n) is 14.2. The summed E-state index contributed by atoms with van der Waals surface area (Å²) in [7, 11) is 2.97. The quantitative estimate of drug-likeness (QED) is 0.0844. The van der Waals surface area contributed by atoms with Crippen molar-refractivity contribution < 1.29 is 32.2 Å². The second-order valence-corrected chi connectivity index (χ2v) is 10.2. The molecule has 0 spiro atoms. The first kappa shape index (κ1) is 36.9. The van der Waals surface area contributed by atoms with Gasteiger partial charge in [0, 0.05) is 44.2 Å². The fraction of sp³-hybridized carbons (Fsp3) is 0.452. The van der Waals surface area contributed by atoms with Crippen LogP contribution in [0.25, 0.3) is 5.57 Å². The third-order valence-electron chi connectivity index (χ3n) is 6.81. The van der Waals surface area contributed by atoms with Gasteiger partial charge in [-0.3, -0.25) is 0 Å². The minimum absolute atomic E-state index is 0. The van der Waals surface area contributed by atoms with Gasteiger partial charge in [-0.05, 0) is 50.3 Å². The summed E-state index contributed by atoms with van der Waals surface area (Å²) in [6.45, 7) is 7.70. The van der Waals surface area contributed by atoms with E-state index in [1.54, 1.807) is 36.1 Å². The Kier molecular flexibility index (Phi) is 13.7. The molecule has 1 aliphatic rings. The van der Waals surface area contributed by atoms with Gasteiger partial charge in [0.05, 0.1) is 12.8 Å². The number of allylic oxidation sites excluding steroid dienone is 4. The number of aromatic nitrogens is 4. The third kappa shape index (κ3) is 10.1. The van der Waals surface area contributed by atoms with Crippen molar-refractivity contribution in [2.75, 3.05) is 20.2 Å². The van der Waals surface area contributed by atoms with Crippen molar-refractivity contribution in [2.24, 2.45) is 17.8 Å². The Bertz CT molecular complexity index is 1470. The standard InChI is InChI=1S/C31H38F5N7O.H2O/c1-6-11-22(29-40-23(18-42(29)4)31(34,35)36)12-9-8-10-16-43(17-15-24(32)33)28(20(3)7-2)41-27(37)25-26(21-13-14-21)38-19-39-30(25)44-5;/h7-8,11-12,18-19,21,24H,2,6,10,13-17H2,1,3-5H3,(H2,37,41);1H2/b22-11+,28-20-;. The summed E-state index contributed by atoms with van der Waals surface area (Å²) in [5, 5.41) is 0. The van der Waals surface area contributed by atoms with Gasteiger partial charge in [-0.25, -0.2) is 28.7 Å². The summed E-state index contributed by atoms with van der Waals surface area (Å²) in [6, 6.07) is 0. The largest absolute Gasteiger partial charge is 0.480 e. The van der Waals surface area contributed by atoms with E-state index in [0.717, 1.165) is 24.7 Å². The molecule has 0 saturated heterocycles. The van der Waals surface area contributed by atoms with Gasteiger partial charge in [0.25, 0.3) is 0 Å². The Morgan fingerprint density at radius 2 is 2.00 bits per heavy atom. The highest BCUT2D eigenvalue weighted by molar-refractivity contribution is 6.01. The Hall–Kier alpha value is -4.29. The molecule has 2 heterocycles. The first-order valence-corrected chi connectivity index (χ1v) is 14.2. The van der Waals surface area contributed by atoms with E-state index in [-0.39, 0.29) is 42.0 Å². The van der Waals surface area contributed by atoms with Crippen molar-refractivity contribution >= 4 is 11.4 Å². The minimum atomic E-state index is -4.56. The number of methoxy groups -OCH3 is 1. The number of nitrogens with zero attached hydrogens (tertiary/aromatic N) is 6. The monoisotopic (exact) mass is 637 g/mol. The van der Waals surface area contributed by atoms with Crippen LogP contribution in [0.15, 0.2) is 65.5 Å². The lowest BCUT2D eigenvalue weighted by molar-refractivity contribution is -0.141. The van der Waals surface area contributed by atoms with Crippen LogP contribution >= 0.6 is 0 Å². The van der Waals surface area contributed by atoms with Gasteiger partial charge < -0.3 is 25.4 Å². The molecule has 4 N–H and O–H groups in total. The molecule has 246 valence electrons. The van der Waals surface area contributed by atoms with Crippen molar-refractivity contribution in [3.05, 3.63) is 83.3 Å². The van der Waals surface area contributed by atoms with E-state index >= 15 is 0 Å². The third-order valence-corrected chi connectivity index (χ3v) is 6.81. The molecule has 1 aliphatic carbocycles. The number of rotatable bonds is 15. The van der Waals surface area contributed by atoms with Gasteiger partial charge in [0.2, 0.25) is 12.3 Å². The molecule has 3 rings (SSSR count). The van der Waals surface area contributed by atoms with E-state index in [4.69, 9.17) is 10.5 Å². The maximum absolute atomic E-state index is 13.3. The van der Waals surface area contributed by atoms with Gasteiger partial charge >= 0.3 is 6.18 Å². The topological polar surface area (TPSA) is 126 Å². The highest BCUT2D eigenvalue weighted by Crippen LogP contribution is 2.42. The molecule has 1 fully saturated rings. The number of hydrogen-bond donors (Lipinski definition) is 1. The summed E-state index contributed by atoms with van der Waals surface area (Å²) in [4.78, 5) is 18.7. The number of hydrogen-bond acceptors (Lipinski definition) is 6. The average molecular weight is 638 g/mol. The second kappa shape index (κ2) is 16.7. The summed E-state index contributed by atoms with van der Waals surface area (Å²) >= 11 is 0. The maximum atomic E-state index is 13.3. The summed E-state index contributed by atoms with van der Waals surface area (Å²) in [5.74, 6) is 1.11. The summed E-state index contributed by atoms with van der Waals surface area (Å²) < 4.78 is 72.9. The van der Waals surface area contributed by atoms with Crippen molar-refractivity contribution in [2.45, 2.75) is 64.5 Å². The molecule has 2 aromatic heterocycles. The molecule has 45 heavy (non-hydrogen) atoms. The second-order valence-electron chi connectivity index (χ2n) is 10.2. The van der Waals surface area contributed by atoms with Gasteiger partial charge in [-0.2, -0.15) is 13.2 Å². The van der Waals surface area contributed by atoms with E-state index in [9.17, 15) is 22.0 Å². The summed E-state index contributed by atoms with van der Waals surface area (Å²) in [6.07, 6.45) is 4.23. The number of aryl methyl sites for hydroxylation is 1. The Labute approximate surface area is 259 Å². The number of nitrogens with two attached hydrogens (primary N) is 1. The number of ether oxygens (including phenoxy) is 1. The van der Waals surface area contributed by atoms with Crippen LogP contribution in [-0.2, 0) is 13.2 Å². The van der Waals surface area contributed by atoms with Crippen LogP contribution in [0.5, 0.6) is 5.88 Å². The Morgan fingerprint density at radius 1 is 1.29 bits per heavy atom. The van der Waals surface area contributed by atoms with E-state index in [2.05, 4.69) is 32.3 Å². The van der Waals surface area contributed by atoms with E-state index in [0.29, 0.717) is 35.4 Å². The molecule has 0 radical (unpaired) electrons. The van der Waals surface area contributed by atoms with E-state index in [1.165, 1.54) is 25.1 Å². The van der Waals surface area contributed by atoms with Crippen molar-refractivity contribution in [3.63, 3.8) is 0 Å². The van der Waals surface area contributed by atoms with Crippen LogP contribution in [-0.4, -0.2) is 62.4 Å². The predicted molar refractivity (Wildman–Crippen MR) is 164 cm³/mol. The van der Waals surface area contributed by atoms with Crippen LogP contribution in [0.3, 0.4) is 0 Å². The minimum Gasteiger partial charge on any atom is -0.480 e. The van der Waals surface area contributed by atoms with Crippen molar-refractivity contribution in [3.8, 4) is 5.88 Å². The Balaban J connectivity index is 0.00000705. The van der Waals surface area contributed by atoms with Crippen LogP contribution < -0.4 is 10.5 Å². The molecule has 2 aromatic rings. The molecule has 9 nitrogen and oxygen atoms in total. The van der Waals surface area contributed by atoms with Gasteiger partial charge in [0.15, 0.2) is 5.69 Å². The first-order chi connectivity index (χ1) is 20.9. The smallest absolute Gasteiger partial charge is 0.434 e. The lowest BCUT2D eigenvalue weighted by Crippen LogP contribution is -2.29. The SMILES string of the molecule is C=C/C(C)=C(/N=C(\N)c1c(OC)ncnc1C1CC1)N(CCC=C=C/C(=C\CC)c1nc(C(F)(F)F)cn1C)CCC(F)F.O. The van der Waals surface area contributed by atoms with Gasteiger partial charge in [0.1, 0.15) is 29.4 Å². The molecule has 0 aliphatic heterocycles. The van der Waals surface area contributed by atoms with Crippen LogP contribution in [0.1, 0.15) is 74.6 Å². The fourth-order valence-electron chi connectivity index (χ4n) is 4.45. The maximum Gasteiger partial charge on any atom is 0.434 e. The molecular weight excluding hydrogens is 597 g/mol. The van der Waals surface area contributed by atoms with Crippen LogP contribution in [0, 0.1) is 0 Å². The number of aliphatic imine (C=N–C) groups is 1. The highest BCUT2D eigenvalue weighted by atomic mass is 19.4. The zero-order valence-electron chi connectivity index (χ0n) is 25.8.